The Bertz CT molecular complexity index is 945. The number of nitriles is 3. The molecule has 2 aromatic rings. The summed E-state index contributed by atoms with van der Waals surface area (Å²) in [5.41, 5.74) is 5.75. The second kappa shape index (κ2) is 7.40. The summed E-state index contributed by atoms with van der Waals surface area (Å²) in [6.45, 7) is 0. The quantitative estimate of drug-likeness (QED) is 0.647. The van der Waals surface area contributed by atoms with Crippen LogP contribution < -0.4 is 5.73 Å². The Morgan fingerprint density at radius 3 is 2.17 bits per heavy atom. The number of rotatable bonds is 3. The molecule has 24 heavy (non-hydrogen) atoms. The fourth-order valence-corrected chi connectivity index (χ4v) is 2.40. The van der Waals surface area contributed by atoms with Crippen LogP contribution in [0.5, 0.6) is 0 Å². The van der Waals surface area contributed by atoms with Crippen LogP contribution in [-0.4, -0.2) is 0 Å². The summed E-state index contributed by atoms with van der Waals surface area (Å²) in [6.07, 6.45) is 1.35. The van der Waals surface area contributed by atoms with Gasteiger partial charge in [0.2, 0.25) is 0 Å². The molecule has 0 spiro atoms. The summed E-state index contributed by atoms with van der Waals surface area (Å²) in [5, 5.41) is 27.7. The maximum absolute atomic E-state index is 9.17. The van der Waals surface area contributed by atoms with Gasteiger partial charge in [-0.05, 0) is 30.3 Å². The molecule has 0 aliphatic rings. The van der Waals surface area contributed by atoms with Gasteiger partial charge in [-0.1, -0.05) is 23.2 Å². The van der Waals surface area contributed by atoms with Gasteiger partial charge in [0, 0.05) is 21.7 Å². The lowest BCUT2D eigenvalue weighted by Gasteiger charge is -2.00. The van der Waals surface area contributed by atoms with Crippen molar-refractivity contribution in [2.45, 2.75) is 0 Å². The van der Waals surface area contributed by atoms with Crippen molar-refractivity contribution in [1.29, 1.82) is 15.8 Å². The second-order valence-corrected chi connectivity index (χ2v) is 5.42. The van der Waals surface area contributed by atoms with Gasteiger partial charge in [0.1, 0.15) is 29.7 Å². The minimum absolute atomic E-state index is 0.0434. The largest absolute Gasteiger partial charge is 0.457 e. The van der Waals surface area contributed by atoms with Gasteiger partial charge in [0.15, 0.2) is 5.57 Å². The van der Waals surface area contributed by atoms with E-state index in [1.54, 1.807) is 42.5 Å². The highest BCUT2D eigenvalue weighted by molar-refractivity contribution is 6.35. The monoisotopic (exact) mass is 354 g/mol. The van der Waals surface area contributed by atoms with Crippen molar-refractivity contribution in [3.05, 3.63) is 63.0 Å². The van der Waals surface area contributed by atoms with Crippen LogP contribution >= 0.6 is 23.2 Å². The summed E-state index contributed by atoms with van der Waals surface area (Å²) < 4.78 is 5.62. The molecule has 0 aliphatic carbocycles. The van der Waals surface area contributed by atoms with Gasteiger partial charge < -0.3 is 10.2 Å². The second-order valence-electron chi connectivity index (χ2n) is 4.54. The smallest absolute Gasteiger partial charge is 0.153 e. The number of benzene rings is 1. The minimum Gasteiger partial charge on any atom is -0.457 e. The molecule has 0 aliphatic heterocycles. The first-order valence-corrected chi connectivity index (χ1v) is 7.22. The van der Waals surface area contributed by atoms with E-state index in [1.807, 2.05) is 6.07 Å². The number of nitrogens with two attached hydrogens (primary N) is 1. The van der Waals surface area contributed by atoms with E-state index in [2.05, 4.69) is 0 Å². The first-order valence-electron chi connectivity index (χ1n) is 6.47. The summed E-state index contributed by atoms with van der Waals surface area (Å²) in [5.74, 6) is 0.821. The molecule has 7 heteroatoms. The molecule has 2 N–H and O–H groups in total. The summed E-state index contributed by atoms with van der Waals surface area (Å²) in [4.78, 5) is 0. The third-order valence-corrected chi connectivity index (χ3v) is 3.40. The molecule has 0 atom stereocenters. The Labute approximate surface area is 148 Å². The molecule has 0 fully saturated rings. The molecule has 2 rings (SSSR count). The highest BCUT2D eigenvalue weighted by atomic mass is 35.5. The Morgan fingerprint density at radius 2 is 1.62 bits per heavy atom. The number of hydrogen-bond donors (Lipinski definition) is 1. The van der Waals surface area contributed by atoms with E-state index >= 15 is 0 Å². The molecule has 0 saturated carbocycles. The zero-order valence-corrected chi connectivity index (χ0v) is 13.6. The van der Waals surface area contributed by atoms with Crippen molar-refractivity contribution < 1.29 is 4.42 Å². The third kappa shape index (κ3) is 3.77. The molecule has 1 heterocycles. The van der Waals surface area contributed by atoms with Crippen LogP contribution in [0.15, 0.2) is 51.6 Å². The van der Waals surface area contributed by atoms with E-state index in [-0.39, 0.29) is 16.8 Å². The first kappa shape index (κ1) is 17.2. The lowest BCUT2D eigenvalue weighted by molar-refractivity contribution is 0.571. The van der Waals surface area contributed by atoms with Gasteiger partial charge in [0.05, 0.1) is 11.3 Å². The molecule has 0 unspecified atom stereocenters. The predicted octanol–water partition coefficient (Wildman–Crippen LogP) is 4.42. The number of allylic oxidation sites excluding steroid dienone is 2. The Balaban J connectivity index is 2.44. The lowest BCUT2D eigenvalue weighted by atomic mass is 10.1. The van der Waals surface area contributed by atoms with Crippen LogP contribution in [0.25, 0.3) is 17.4 Å². The molecular weight excluding hydrogens is 347 g/mol. The standard InChI is InChI=1S/C17H8Cl2N4O/c18-13-3-10(4-14(19)6-13)16-2-1-15(24-16)5-11(7-20)17(23)12(8-21)9-22/h1-6H,23H2. The predicted molar refractivity (Wildman–Crippen MR) is 90.2 cm³/mol. The maximum atomic E-state index is 9.17. The normalized spacial score (nSPS) is 10.4. The van der Waals surface area contributed by atoms with Crippen LogP contribution in [0.4, 0.5) is 0 Å². The Kier molecular flexibility index (Phi) is 5.30. The van der Waals surface area contributed by atoms with Gasteiger partial charge in [-0.15, -0.1) is 0 Å². The fourth-order valence-electron chi connectivity index (χ4n) is 1.87. The van der Waals surface area contributed by atoms with Gasteiger partial charge >= 0.3 is 0 Å². The highest BCUT2D eigenvalue weighted by Crippen LogP contribution is 2.29. The van der Waals surface area contributed by atoms with Crippen LogP contribution in [0.2, 0.25) is 10.0 Å². The average molecular weight is 355 g/mol. The van der Waals surface area contributed by atoms with Crippen LogP contribution in [0.3, 0.4) is 0 Å². The van der Waals surface area contributed by atoms with Crippen molar-refractivity contribution in [2.24, 2.45) is 5.73 Å². The lowest BCUT2D eigenvalue weighted by Crippen LogP contribution is -2.03. The summed E-state index contributed by atoms with van der Waals surface area (Å²) in [6, 6.07) is 13.4. The topological polar surface area (TPSA) is 111 Å². The van der Waals surface area contributed by atoms with E-state index in [9.17, 15) is 0 Å². The molecule has 1 aromatic carbocycles. The maximum Gasteiger partial charge on any atom is 0.153 e. The molecule has 0 amide bonds. The van der Waals surface area contributed by atoms with Gasteiger partial charge in [-0.25, -0.2) is 0 Å². The number of nitrogens with zero attached hydrogens (tertiary/aromatic N) is 3. The number of furan rings is 1. The average Bonchev–Trinajstić information content (AvgIpc) is 3.01. The van der Waals surface area contributed by atoms with Gasteiger partial charge in [0.25, 0.3) is 0 Å². The van der Waals surface area contributed by atoms with Crippen molar-refractivity contribution in [3.8, 4) is 29.5 Å². The van der Waals surface area contributed by atoms with Crippen LogP contribution in [0.1, 0.15) is 5.76 Å². The third-order valence-electron chi connectivity index (χ3n) is 2.96. The van der Waals surface area contributed by atoms with Gasteiger partial charge in [-0.2, -0.15) is 15.8 Å². The molecule has 116 valence electrons. The zero-order valence-electron chi connectivity index (χ0n) is 12.0. The number of hydrogen-bond acceptors (Lipinski definition) is 5. The summed E-state index contributed by atoms with van der Waals surface area (Å²) in [7, 11) is 0. The minimum atomic E-state index is -0.337. The highest BCUT2D eigenvalue weighted by Gasteiger charge is 2.10. The molecule has 0 radical (unpaired) electrons. The molecule has 5 nitrogen and oxygen atoms in total. The SMILES string of the molecule is N#CC(=Cc1ccc(-c2cc(Cl)cc(Cl)c2)o1)C(N)=C(C#N)C#N. The van der Waals surface area contributed by atoms with Crippen LogP contribution in [-0.2, 0) is 0 Å². The van der Waals surface area contributed by atoms with Crippen molar-refractivity contribution >= 4 is 29.3 Å². The Morgan fingerprint density at radius 1 is 1.00 bits per heavy atom. The van der Waals surface area contributed by atoms with E-state index in [4.69, 9.17) is 49.1 Å². The number of halogens is 2. The first-order chi connectivity index (χ1) is 11.5. The Hall–Kier alpha value is -3.17. The fraction of sp³-hybridized carbons (Fsp3) is 0. The van der Waals surface area contributed by atoms with Gasteiger partial charge in [-0.3, -0.25) is 0 Å². The molecule has 0 bridgehead atoms. The molecule has 1 aromatic heterocycles. The molecular formula is C17H8Cl2N4O. The van der Waals surface area contributed by atoms with E-state index < -0.39 is 0 Å². The van der Waals surface area contributed by atoms with Crippen molar-refractivity contribution in [1.82, 2.24) is 0 Å². The van der Waals surface area contributed by atoms with E-state index in [1.165, 1.54) is 6.08 Å². The molecule has 0 saturated heterocycles. The van der Waals surface area contributed by atoms with E-state index in [0.29, 0.717) is 27.1 Å². The zero-order chi connectivity index (χ0) is 17.7. The van der Waals surface area contributed by atoms with E-state index in [0.717, 1.165) is 0 Å². The van der Waals surface area contributed by atoms with Crippen LogP contribution in [0, 0.1) is 34.0 Å². The van der Waals surface area contributed by atoms with Crippen molar-refractivity contribution in [3.63, 3.8) is 0 Å². The van der Waals surface area contributed by atoms with Crippen molar-refractivity contribution in [2.75, 3.05) is 0 Å². The summed E-state index contributed by atoms with van der Waals surface area (Å²) >= 11 is 11.9.